The zero-order valence-electron chi connectivity index (χ0n) is 14.6. The maximum absolute atomic E-state index is 6.23. The molecule has 0 radical (unpaired) electrons. The van der Waals surface area contributed by atoms with E-state index >= 15 is 0 Å². The summed E-state index contributed by atoms with van der Waals surface area (Å²) in [4.78, 5) is 8.56. The fourth-order valence-electron chi connectivity index (χ4n) is 2.38. The van der Waals surface area contributed by atoms with Crippen LogP contribution in [0, 0.1) is 13.8 Å². The van der Waals surface area contributed by atoms with Crippen molar-refractivity contribution in [2.24, 2.45) is 0 Å². The van der Waals surface area contributed by atoms with Crippen molar-refractivity contribution in [3.8, 4) is 11.6 Å². The Morgan fingerprint density at radius 3 is 2.44 bits per heavy atom. The zero-order valence-corrected chi connectivity index (χ0v) is 16.9. The second-order valence-electron chi connectivity index (χ2n) is 5.76. The van der Waals surface area contributed by atoms with Crippen LogP contribution in [-0.2, 0) is 6.42 Å². The number of rotatable bonds is 6. The van der Waals surface area contributed by atoms with Crippen molar-refractivity contribution in [2.75, 3.05) is 11.9 Å². The molecule has 0 fully saturated rings. The summed E-state index contributed by atoms with van der Waals surface area (Å²) < 4.78 is 5.62. The van der Waals surface area contributed by atoms with Gasteiger partial charge in [-0.25, -0.2) is 9.97 Å². The van der Waals surface area contributed by atoms with E-state index in [2.05, 4.69) is 25.5 Å². The topological polar surface area (TPSA) is 72.8 Å². The lowest BCUT2D eigenvalue weighted by Gasteiger charge is -2.10. The molecule has 0 aliphatic heterocycles. The van der Waals surface area contributed by atoms with Crippen molar-refractivity contribution in [3.63, 3.8) is 0 Å². The first-order chi connectivity index (χ1) is 12.9. The normalized spacial score (nSPS) is 10.7. The minimum absolute atomic E-state index is 0.208. The highest BCUT2D eigenvalue weighted by atomic mass is 35.5. The number of halogens is 3. The van der Waals surface area contributed by atoms with E-state index in [-0.39, 0.29) is 11.0 Å². The summed E-state index contributed by atoms with van der Waals surface area (Å²) in [5, 5.41) is 11.9. The Bertz CT molecular complexity index is 950. The van der Waals surface area contributed by atoms with Crippen LogP contribution < -0.4 is 10.1 Å². The molecule has 0 spiro atoms. The fraction of sp³-hybridized carbons (Fsp3) is 0.222. The number of aryl methyl sites for hydroxylation is 2. The number of hydrogen-bond acceptors (Lipinski definition) is 6. The number of nitrogens with one attached hydrogen (secondary N) is 1. The third-order valence-corrected chi connectivity index (χ3v) is 4.57. The van der Waals surface area contributed by atoms with Gasteiger partial charge < -0.3 is 10.1 Å². The third-order valence-electron chi connectivity index (χ3n) is 3.66. The highest BCUT2D eigenvalue weighted by Gasteiger charge is 2.09. The Kier molecular flexibility index (Phi) is 6.31. The quantitative estimate of drug-likeness (QED) is 0.579. The highest BCUT2D eigenvalue weighted by Crippen LogP contribution is 2.28. The molecule has 2 heterocycles. The first-order valence-corrected chi connectivity index (χ1v) is 9.26. The van der Waals surface area contributed by atoms with Gasteiger partial charge in [0.15, 0.2) is 5.15 Å². The molecular weight excluding hydrogens is 409 g/mol. The van der Waals surface area contributed by atoms with Crippen LogP contribution in [0.4, 0.5) is 5.82 Å². The van der Waals surface area contributed by atoms with Crippen LogP contribution in [0.5, 0.6) is 11.6 Å². The summed E-state index contributed by atoms with van der Waals surface area (Å²) in [6, 6.07) is 9.09. The number of anilines is 1. The van der Waals surface area contributed by atoms with E-state index in [1.54, 1.807) is 0 Å². The number of nitrogens with zero attached hydrogens (tertiary/aromatic N) is 4. The summed E-state index contributed by atoms with van der Waals surface area (Å²) in [6.45, 7) is 4.38. The molecule has 0 bridgehead atoms. The molecule has 0 aliphatic carbocycles. The van der Waals surface area contributed by atoms with Gasteiger partial charge in [-0.1, -0.05) is 46.9 Å². The van der Waals surface area contributed by atoms with E-state index in [4.69, 9.17) is 39.5 Å². The van der Waals surface area contributed by atoms with Gasteiger partial charge in [-0.3, -0.25) is 0 Å². The van der Waals surface area contributed by atoms with Crippen molar-refractivity contribution < 1.29 is 4.74 Å². The van der Waals surface area contributed by atoms with Gasteiger partial charge in [0.05, 0.1) is 5.69 Å². The molecule has 0 amide bonds. The van der Waals surface area contributed by atoms with E-state index in [1.165, 1.54) is 6.07 Å². The van der Waals surface area contributed by atoms with Gasteiger partial charge in [-0.05, 0) is 38.0 Å². The monoisotopic (exact) mass is 423 g/mol. The van der Waals surface area contributed by atoms with Crippen LogP contribution in [0.25, 0.3) is 0 Å². The summed E-state index contributed by atoms with van der Waals surface area (Å²) in [5.41, 5.74) is 1.89. The second-order valence-corrected chi connectivity index (χ2v) is 6.93. The molecule has 0 atom stereocenters. The maximum atomic E-state index is 6.23. The smallest absolute Gasteiger partial charge is 0.257 e. The molecule has 9 heteroatoms. The van der Waals surface area contributed by atoms with E-state index in [0.717, 1.165) is 17.7 Å². The van der Waals surface area contributed by atoms with Crippen molar-refractivity contribution in [1.82, 2.24) is 20.2 Å². The molecular formula is C18H16Cl3N5O. The van der Waals surface area contributed by atoms with Crippen LogP contribution in [0.2, 0.25) is 15.2 Å². The molecule has 0 saturated heterocycles. The van der Waals surface area contributed by atoms with Gasteiger partial charge in [-0.15, -0.1) is 10.2 Å². The zero-order chi connectivity index (χ0) is 19.4. The lowest BCUT2D eigenvalue weighted by molar-refractivity contribution is 0.455. The van der Waals surface area contributed by atoms with E-state index < -0.39 is 0 Å². The molecule has 2 aromatic heterocycles. The Hall–Kier alpha value is -2.15. The average molecular weight is 425 g/mol. The Balaban J connectivity index is 1.58. The van der Waals surface area contributed by atoms with Crippen LogP contribution in [-0.4, -0.2) is 26.7 Å². The first kappa shape index (κ1) is 19.6. The Morgan fingerprint density at radius 1 is 1.00 bits per heavy atom. The van der Waals surface area contributed by atoms with Gasteiger partial charge in [-0.2, -0.15) is 0 Å². The molecule has 3 rings (SSSR count). The molecule has 0 aliphatic rings. The summed E-state index contributed by atoms with van der Waals surface area (Å²) in [5.74, 6) is 2.15. The van der Waals surface area contributed by atoms with Crippen LogP contribution >= 0.6 is 34.8 Å². The largest absolute Gasteiger partial charge is 0.436 e. The van der Waals surface area contributed by atoms with Crippen LogP contribution in [0.15, 0.2) is 30.3 Å². The fourth-order valence-corrected chi connectivity index (χ4v) is 2.92. The molecule has 0 unspecified atom stereocenters. The van der Waals surface area contributed by atoms with E-state index in [1.807, 2.05) is 38.1 Å². The molecule has 3 aromatic rings. The molecule has 1 aromatic carbocycles. The third kappa shape index (κ3) is 5.19. The summed E-state index contributed by atoms with van der Waals surface area (Å²) in [7, 11) is 0. The highest BCUT2D eigenvalue weighted by molar-refractivity contribution is 6.34. The number of ether oxygens (including phenoxy) is 1. The second kappa shape index (κ2) is 8.69. The Morgan fingerprint density at radius 2 is 1.74 bits per heavy atom. The Labute approximate surface area is 171 Å². The maximum Gasteiger partial charge on any atom is 0.257 e. The lowest BCUT2D eigenvalue weighted by Crippen LogP contribution is -2.09. The van der Waals surface area contributed by atoms with Gasteiger partial charge in [0.25, 0.3) is 5.88 Å². The minimum atomic E-state index is 0.208. The number of hydrogen-bond donors (Lipinski definition) is 1. The van der Waals surface area contributed by atoms with Crippen molar-refractivity contribution in [1.29, 1.82) is 0 Å². The molecule has 140 valence electrons. The minimum Gasteiger partial charge on any atom is -0.436 e. The van der Waals surface area contributed by atoms with Gasteiger partial charge >= 0.3 is 0 Å². The van der Waals surface area contributed by atoms with Gasteiger partial charge in [0.2, 0.25) is 0 Å². The standard InChI is InChI=1S/C18H16Cl3N5O/c1-10-16(21)17(24-11(2)23-10)22-8-7-12-3-5-13(6-4-12)27-18-14(19)9-15(20)25-26-18/h3-6,9H,7-8H2,1-2H3,(H,22,23,24). The molecule has 1 N–H and O–H groups in total. The molecule has 27 heavy (non-hydrogen) atoms. The van der Waals surface area contributed by atoms with Crippen molar-refractivity contribution in [3.05, 3.63) is 62.6 Å². The molecule has 6 nitrogen and oxygen atoms in total. The van der Waals surface area contributed by atoms with Gasteiger partial charge in [0.1, 0.15) is 27.4 Å². The SMILES string of the molecule is Cc1nc(C)c(Cl)c(NCCc2ccc(Oc3nnc(Cl)cc3Cl)cc2)n1. The first-order valence-electron chi connectivity index (χ1n) is 8.12. The predicted octanol–water partition coefficient (Wildman–Crippen LogP) is 5.29. The van der Waals surface area contributed by atoms with E-state index in [9.17, 15) is 0 Å². The molecule has 0 saturated carbocycles. The summed E-state index contributed by atoms with van der Waals surface area (Å²) >= 11 is 18.0. The van der Waals surface area contributed by atoms with Crippen LogP contribution in [0.3, 0.4) is 0 Å². The predicted molar refractivity (Wildman–Crippen MR) is 107 cm³/mol. The van der Waals surface area contributed by atoms with Crippen molar-refractivity contribution in [2.45, 2.75) is 20.3 Å². The van der Waals surface area contributed by atoms with Gasteiger partial charge in [0, 0.05) is 12.6 Å². The number of benzene rings is 1. The van der Waals surface area contributed by atoms with Crippen molar-refractivity contribution >= 4 is 40.6 Å². The van der Waals surface area contributed by atoms with Crippen LogP contribution in [0.1, 0.15) is 17.1 Å². The van der Waals surface area contributed by atoms with E-state index in [0.29, 0.717) is 34.0 Å². The lowest BCUT2D eigenvalue weighted by atomic mass is 10.1. The average Bonchev–Trinajstić information content (AvgIpc) is 2.63. The summed E-state index contributed by atoms with van der Waals surface area (Å²) in [6.07, 6.45) is 0.792. The number of aromatic nitrogens is 4.